The first-order chi connectivity index (χ1) is 9.56. The fraction of sp³-hybridized carbons (Fsp3) is 0.267. The first-order valence-corrected chi connectivity index (χ1v) is 7.41. The minimum Gasteiger partial charge on any atom is -0.399 e. The predicted octanol–water partition coefficient (Wildman–Crippen LogP) is 3.09. The van der Waals surface area contributed by atoms with Crippen LogP contribution in [0.25, 0.3) is 11.0 Å². The molecule has 2 heterocycles. The van der Waals surface area contributed by atoms with Crippen LogP contribution in [0.5, 0.6) is 0 Å². The topological polar surface area (TPSA) is 64.1 Å². The molecule has 0 spiro atoms. The summed E-state index contributed by atoms with van der Waals surface area (Å²) in [5.74, 6) is 0.679. The summed E-state index contributed by atoms with van der Waals surface area (Å²) in [7, 11) is 0. The maximum atomic E-state index is 9.96. The van der Waals surface area contributed by atoms with Gasteiger partial charge in [0.25, 0.3) is 0 Å². The van der Waals surface area contributed by atoms with E-state index in [1.807, 2.05) is 18.2 Å². The molecule has 2 aromatic heterocycles. The van der Waals surface area contributed by atoms with Gasteiger partial charge in [0, 0.05) is 10.6 Å². The average molecular weight is 287 g/mol. The van der Waals surface area contributed by atoms with Crippen LogP contribution in [0.4, 0.5) is 5.69 Å². The van der Waals surface area contributed by atoms with Crippen LogP contribution in [0.2, 0.25) is 0 Å². The third-order valence-corrected chi connectivity index (χ3v) is 4.45. The molecule has 20 heavy (non-hydrogen) atoms. The van der Waals surface area contributed by atoms with Gasteiger partial charge in [0.05, 0.1) is 17.6 Å². The fourth-order valence-corrected chi connectivity index (χ4v) is 3.25. The highest BCUT2D eigenvalue weighted by Crippen LogP contribution is 2.26. The van der Waals surface area contributed by atoms with E-state index in [2.05, 4.69) is 27.9 Å². The van der Waals surface area contributed by atoms with Gasteiger partial charge in [-0.25, -0.2) is 4.98 Å². The Balaban J connectivity index is 2.16. The van der Waals surface area contributed by atoms with Gasteiger partial charge in [-0.2, -0.15) is 0 Å². The molecule has 0 aliphatic rings. The van der Waals surface area contributed by atoms with Crippen LogP contribution < -0.4 is 5.73 Å². The Hall–Kier alpha value is -1.85. The van der Waals surface area contributed by atoms with Crippen LogP contribution in [0.3, 0.4) is 0 Å². The van der Waals surface area contributed by atoms with Crippen molar-refractivity contribution in [3.8, 4) is 0 Å². The van der Waals surface area contributed by atoms with Crippen LogP contribution in [0.15, 0.2) is 29.6 Å². The van der Waals surface area contributed by atoms with Crippen molar-refractivity contribution in [1.29, 1.82) is 0 Å². The van der Waals surface area contributed by atoms with Gasteiger partial charge in [-0.05, 0) is 49.1 Å². The van der Waals surface area contributed by atoms with Crippen molar-refractivity contribution in [3.63, 3.8) is 0 Å². The van der Waals surface area contributed by atoms with Crippen molar-refractivity contribution < 1.29 is 5.11 Å². The second-order valence-corrected chi connectivity index (χ2v) is 6.01. The molecule has 104 valence electrons. The van der Waals surface area contributed by atoms with E-state index in [-0.39, 0.29) is 0 Å². The molecule has 0 amide bonds. The zero-order valence-electron chi connectivity index (χ0n) is 11.5. The van der Waals surface area contributed by atoms with Gasteiger partial charge in [-0.15, -0.1) is 11.3 Å². The number of thiophene rings is 1. The molecule has 1 aromatic carbocycles. The highest BCUT2D eigenvalue weighted by atomic mass is 32.1. The standard InChI is InChI=1S/C15H17N3OS/c1-9-5-6-20-14(9)8-18-13-4-3-11(16)7-12(13)17-15(18)10(2)19/h3-7,10,19H,8,16H2,1-2H3. The lowest BCUT2D eigenvalue weighted by molar-refractivity contribution is 0.185. The summed E-state index contributed by atoms with van der Waals surface area (Å²) in [5, 5.41) is 12.0. The number of anilines is 1. The van der Waals surface area contributed by atoms with Gasteiger partial charge in [-0.3, -0.25) is 0 Å². The first kappa shape index (κ1) is 13.1. The van der Waals surface area contributed by atoms with Crippen LogP contribution in [0, 0.1) is 6.92 Å². The Bertz CT molecular complexity index is 758. The van der Waals surface area contributed by atoms with Crippen molar-refractivity contribution in [2.45, 2.75) is 26.5 Å². The van der Waals surface area contributed by atoms with Crippen LogP contribution in [0.1, 0.15) is 29.3 Å². The maximum Gasteiger partial charge on any atom is 0.138 e. The Labute approximate surface area is 121 Å². The van der Waals surface area contributed by atoms with Crippen LogP contribution in [-0.4, -0.2) is 14.7 Å². The maximum absolute atomic E-state index is 9.96. The van der Waals surface area contributed by atoms with Gasteiger partial charge < -0.3 is 15.4 Å². The second kappa shape index (κ2) is 4.92. The fourth-order valence-electron chi connectivity index (χ4n) is 2.36. The molecule has 1 unspecified atom stereocenters. The molecular weight excluding hydrogens is 270 g/mol. The van der Waals surface area contributed by atoms with Crippen molar-refractivity contribution in [3.05, 3.63) is 45.9 Å². The Morgan fingerprint density at radius 1 is 1.40 bits per heavy atom. The third-order valence-electron chi connectivity index (χ3n) is 3.45. The molecule has 3 N–H and O–H groups in total. The minimum absolute atomic E-state index is 0.608. The Morgan fingerprint density at radius 3 is 2.85 bits per heavy atom. The van der Waals surface area contributed by atoms with Gasteiger partial charge >= 0.3 is 0 Å². The molecule has 0 saturated carbocycles. The molecule has 0 aliphatic heterocycles. The van der Waals surface area contributed by atoms with E-state index in [1.165, 1.54) is 10.4 Å². The Kier molecular flexibility index (Phi) is 3.23. The number of nitrogens with two attached hydrogens (primary N) is 1. The molecular formula is C15H17N3OS. The Morgan fingerprint density at radius 2 is 2.20 bits per heavy atom. The molecule has 4 nitrogen and oxygen atoms in total. The van der Waals surface area contributed by atoms with E-state index < -0.39 is 6.10 Å². The number of nitrogen functional groups attached to an aromatic ring is 1. The summed E-state index contributed by atoms with van der Waals surface area (Å²) in [4.78, 5) is 5.80. The lowest BCUT2D eigenvalue weighted by Crippen LogP contribution is -2.07. The minimum atomic E-state index is -0.608. The highest BCUT2D eigenvalue weighted by molar-refractivity contribution is 7.10. The quantitative estimate of drug-likeness (QED) is 0.728. The lowest BCUT2D eigenvalue weighted by Gasteiger charge is -2.10. The number of rotatable bonds is 3. The molecule has 0 saturated heterocycles. The third kappa shape index (κ3) is 2.19. The van der Waals surface area contributed by atoms with Gasteiger partial charge in [0.1, 0.15) is 11.9 Å². The summed E-state index contributed by atoms with van der Waals surface area (Å²) in [6.45, 7) is 4.57. The number of nitrogens with zero attached hydrogens (tertiary/aromatic N) is 2. The zero-order valence-corrected chi connectivity index (χ0v) is 12.3. The monoisotopic (exact) mass is 287 g/mol. The summed E-state index contributed by atoms with van der Waals surface area (Å²) in [5.41, 5.74) is 9.60. The van der Waals surface area contributed by atoms with Crippen molar-refractivity contribution in [2.75, 3.05) is 5.73 Å². The second-order valence-electron chi connectivity index (χ2n) is 5.01. The molecule has 3 rings (SSSR count). The van der Waals surface area contributed by atoms with Crippen LogP contribution >= 0.6 is 11.3 Å². The van der Waals surface area contributed by atoms with E-state index in [1.54, 1.807) is 18.3 Å². The average Bonchev–Trinajstić information content (AvgIpc) is 2.95. The number of aryl methyl sites for hydroxylation is 1. The molecule has 1 atom stereocenters. The van der Waals surface area contributed by atoms with E-state index in [4.69, 9.17) is 5.73 Å². The molecule has 0 aliphatic carbocycles. The number of aromatic nitrogens is 2. The number of fused-ring (bicyclic) bond motifs is 1. The van der Waals surface area contributed by atoms with Crippen molar-refractivity contribution in [2.24, 2.45) is 0 Å². The molecule has 0 fully saturated rings. The highest BCUT2D eigenvalue weighted by Gasteiger charge is 2.16. The number of aliphatic hydroxyl groups excluding tert-OH is 1. The number of hydrogen-bond acceptors (Lipinski definition) is 4. The summed E-state index contributed by atoms with van der Waals surface area (Å²) < 4.78 is 2.07. The van der Waals surface area contributed by atoms with Crippen molar-refractivity contribution in [1.82, 2.24) is 9.55 Å². The van der Waals surface area contributed by atoms with Gasteiger partial charge in [0.2, 0.25) is 0 Å². The molecule has 0 radical (unpaired) electrons. The lowest BCUT2D eigenvalue weighted by atomic mass is 10.2. The van der Waals surface area contributed by atoms with Gasteiger partial charge in [-0.1, -0.05) is 0 Å². The molecule has 3 aromatic rings. The summed E-state index contributed by atoms with van der Waals surface area (Å²) >= 11 is 1.72. The molecule has 0 bridgehead atoms. The number of aliphatic hydroxyl groups is 1. The SMILES string of the molecule is Cc1ccsc1Cn1c(C(C)O)nc2cc(N)ccc21. The first-order valence-electron chi connectivity index (χ1n) is 6.53. The smallest absolute Gasteiger partial charge is 0.138 e. The van der Waals surface area contributed by atoms with E-state index in [9.17, 15) is 5.11 Å². The number of benzene rings is 1. The van der Waals surface area contributed by atoms with Crippen molar-refractivity contribution >= 4 is 28.1 Å². The largest absolute Gasteiger partial charge is 0.399 e. The summed E-state index contributed by atoms with van der Waals surface area (Å²) in [6, 6.07) is 7.79. The number of imidazole rings is 1. The van der Waals surface area contributed by atoms with Crippen LogP contribution in [-0.2, 0) is 6.54 Å². The van der Waals surface area contributed by atoms with E-state index >= 15 is 0 Å². The van der Waals surface area contributed by atoms with E-state index in [0.29, 0.717) is 11.5 Å². The number of hydrogen-bond donors (Lipinski definition) is 2. The van der Waals surface area contributed by atoms with Gasteiger partial charge in [0.15, 0.2) is 0 Å². The summed E-state index contributed by atoms with van der Waals surface area (Å²) in [6.07, 6.45) is -0.608. The normalized spacial score (nSPS) is 12.9. The molecule has 5 heteroatoms. The van der Waals surface area contributed by atoms with E-state index in [0.717, 1.165) is 17.6 Å². The predicted molar refractivity (Wildman–Crippen MR) is 82.9 cm³/mol. The zero-order chi connectivity index (χ0) is 14.3.